The molecule has 0 aromatic heterocycles. The number of aliphatic carboxylic acids is 1. The average Bonchev–Trinajstić information content (AvgIpc) is 2.60. The van der Waals surface area contributed by atoms with Gasteiger partial charge >= 0.3 is 18.3 Å². The van der Waals surface area contributed by atoms with Crippen molar-refractivity contribution in [3.05, 3.63) is 63.6 Å². The second-order valence-electron chi connectivity index (χ2n) is 5.87. The standard InChI is InChI=1S/C17H11Cl2F6NO3/c18-11-6-1-8(7-12(11)19)13(14(27)28)26-10-4-2-9(3-5-10)15(29,16(20,21)22)17(23,24)25/h1-7,13,26,29H,(H,27,28). The van der Waals surface area contributed by atoms with Crippen molar-refractivity contribution in [2.24, 2.45) is 0 Å². The van der Waals surface area contributed by atoms with Crippen molar-refractivity contribution in [1.29, 1.82) is 0 Å². The zero-order valence-corrected chi connectivity index (χ0v) is 15.5. The van der Waals surface area contributed by atoms with Crippen molar-refractivity contribution < 1.29 is 41.4 Å². The van der Waals surface area contributed by atoms with E-state index in [1.807, 2.05) is 0 Å². The molecule has 2 aromatic carbocycles. The zero-order valence-electron chi connectivity index (χ0n) is 13.9. The molecule has 12 heteroatoms. The Bertz CT molecular complexity index is 886. The van der Waals surface area contributed by atoms with Crippen molar-refractivity contribution >= 4 is 34.9 Å². The first kappa shape index (κ1) is 23.1. The van der Waals surface area contributed by atoms with E-state index in [9.17, 15) is 41.4 Å². The van der Waals surface area contributed by atoms with Crippen molar-refractivity contribution in [3.8, 4) is 0 Å². The molecule has 0 aliphatic carbocycles. The quantitative estimate of drug-likeness (QED) is 0.511. The molecule has 0 saturated heterocycles. The van der Waals surface area contributed by atoms with Crippen LogP contribution in [-0.2, 0) is 10.4 Å². The maximum atomic E-state index is 12.9. The highest BCUT2D eigenvalue weighted by atomic mass is 35.5. The molecule has 1 atom stereocenters. The molecule has 2 rings (SSSR count). The molecule has 2 aromatic rings. The molecule has 0 fully saturated rings. The van der Waals surface area contributed by atoms with E-state index in [1.54, 1.807) is 0 Å². The second-order valence-corrected chi connectivity index (χ2v) is 6.69. The van der Waals surface area contributed by atoms with E-state index in [2.05, 4.69) is 5.32 Å². The Kier molecular flexibility index (Phi) is 6.32. The van der Waals surface area contributed by atoms with Gasteiger partial charge in [0.05, 0.1) is 10.0 Å². The molecule has 0 bridgehead atoms. The van der Waals surface area contributed by atoms with E-state index in [4.69, 9.17) is 23.2 Å². The summed E-state index contributed by atoms with van der Waals surface area (Å²) in [6.45, 7) is 0. The smallest absolute Gasteiger partial charge is 0.430 e. The van der Waals surface area contributed by atoms with Gasteiger partial charge in [0.15, 0.2) is 6.04 Å². The summed E-state index contributed by atoms with van der Waals surface area (Å²) in [6.07, 6.45) is -12.0. The lowest BCUT2D eigenvalue weighted by Gasteiger charge is -2.32. The highest BCUT2D eigenvalue weighted by molar-refractivity contribution is 6.42. The van der Waals surface area contributed by atoms with Gasteiger partial charge in [0.1, 0.15) is 0 Å². The number of hydrogen-bond acceptors (Lipinski definition) is 3. The highest BCUT2D eigenvalue weighted by Crippen LogP contribution is 2.50. The molecule has 0 aliphatic rings. The van der Waals surface area contributed by atoms with Gasteiger partial charge in [-0.3, -0.25) is 0 Å². The van der Waals surface area contributed by atoms with Crippen LogP contribution in [0.3, 0.4) is 0 Å². The predicted octanol–water partition coefficient (Wildman–Crippen LogP) is 5.54. The number of hydrogen-bond donors (Lipinski definition) is 3. The summed E-state index contributed by atoms with van der Waals surface area (Å²) >= 11 is 11.6. The summed E-state index contributed by atoms with van der Waals surface area (Å²) in [5.41, 5.74) is -6.52. The number of anilines is 1. The Morgan fingerprint density at radius 3 is 1.83 bits per heavy atom. The van der Waals surface area contributed by atoms with Crippen molar-refractivity contribution in [2.45, 2.75) is 24.0 Å². The van der Waals surface area contributed by atoms with E-state index in [0.29, 0.717) is 12.1 Å². The third-order valence-corrected chi connectivity index (χ3v) is 4.70. The van der Waals surface area contributed by atoms with Gasteiger partial charge in [-0.25, -0.2) is 4.79 Å². The van der Waals surface area contributed by atoms with Crippen LogP contribution in [0.15, 0.2) is 42.5 Å². The maximum Gasteiger partial charge on any atom is 0.430 e. The molecule has 0 heterocycles. The number of halogens is 8. The minimum Gasteiger partial charge on any atom is -0.479 e. The van der Waals surface area contributed by atoms with Crippen LogP contribution >= 0.6 is 23.2 Å². The van der Waals surface area contributed by atoms with E-state index in [0.717, 1.165) is 12.1 Å². The Labute approximate surface area is 169 Å². The van der Waals surface area contributed by atoms with Gasteiger partial charge in [0.2, 0.25) is 0 Å². The predicted molar refractivity (Wildman–Crippen MR) is 92.9 cm³/mol. The first-order chi connectivity index (χ1) is 13.2. The molecular weight excluding hydrogens is 451 g/mol. The van der Waals surface area contributed by atoms with Gasteiger partial charge in [-0.1, -0.05) is 41.4 Å². The second kappa shape index (κ2) is 7.92. The van der Waals surface area contributed by atoms with Crippen molar-refractivity contribution in [3.63, 3.8) is 0 Å². The van der Waals surface area contributed by atoms with Crippen molar-refractivity contribution in [2.75, 3.05) is 5.32 Å². The fraction of sp³-hybridized carbons (Fsp3) is 0.235. The number of aliphatic hydroxyl groups is 1. The van der Waals surface area contributed by atoms with Crippen LogP contribution in [0.5, 0.6) is 0 Å². The largest absolute Gasteiger partial charge is 0.479 e. The van der Waals surface area contributed by atoms with Crippen LogP contribution in [0.25, 0.3) is 0 Å². The Hall–Kier alpha value is -2.17. The fourth-order valence-electron chi connectivity index (χ4n) is 2.44. The topological polar surface area (TPSA) is 69.6 Å². The summed E-state index contributed by atoms with van der Waals surface area (Å²) in [5.74, 6) is -1.39. The van der Waals surface area contributed by atoms with Gasteiger partial charge in [-0.15, -0.1) is 0 Å². The zero-order chi connectivity index (χ0) is 22.2. The lowest BCUT2D eigenvalue weighted by atomic mass is 9.92. The van der Waals surface area contributed by atoms with Crippen LogP contribution in [0.4, 0.5) is 32.0 Å². The summed E-state index contributed by atoms with van der Waals surface area (Å²) in [7, 11) is 0. The molecule has 3 N–H and O–H groups in total. The van der Waals surface area contributed by atoms with E-state index < -0.39 is 35.5 Å². The van der Waals surface area contributed by atoms with Gasteiger partial charge in [-0.2, -0.15) is 26.3 Å². The Morgan fingerprint density at radius 2 is 1.41 bits per heavy atom. The molecule has 29 heavy (non-hydrogen) atoms. The number of carboxylic acids is 1. The Balaban J connectivity index is 2.37. The third kappa shape index (κ3) is 4.54. The van der Waals surface area contributed by atoms with Crippen LogP contribution in [0.1, 0.15) is 17.2 Å². The maximum absolute atomic E-state index is 12.9. The summed E-state index contributed by atoms with van der Waals surface area (Å²) < 4.78 is 77.4. The lowest BCUT2D eigenvalue weighted by Crippen LogP contribution is -2.53. The number of nitrogens with one attached hydrogen (secondary N) is 1. The molecule has 0 radical (unpaired) electrons. The van der Waals surface area contributed by atoms with Crippen LogP contribution < -0.4 is 5.32 Å². The molecule has 0 spiro atoms. The minimum atomic E-state index is -6.02. The average molecular weight is 462 g/mol. The van der Waals surface area contributed by atoms with E-state index in [1.165, 1.54) is 18.2 Å². The van der Waals surface area contributed by atoms with E-state index in [-0.39, 0.29) is 21.3 Å². The van der Waals surface area contributed by atoms with Gasteiger partial charge in [0.25, 0.3) is 5.60 Å². The molecular formula is C17H11Cl2F6NO3. The molecule has 1 unspecified atom stereocenters. The normalized spacial score (nSPS) is 13.8. The number of benzene rings is 2. The van der Waals surface area contributed by atoms with Crippen LogP contribution in [-0.4, -0.2) is 28.5 Å². The van der Waals surface area contributed by atoms with E-state index >= 15 is 0 Å². The number of carbonyl (C=O) groups is 1. The fourth-order valence-corrected chi connectivity index (χ4v) is 2.75. The monoisotopic (exact) mass is 461 g/mol. The summed E-state index contributed by atoms with van der Waals surface area (Å²) in [4.78, 5) is 11.5. The number of carboxylic acid groups (broad SMARTS) is 1. The Morgan fingerprint density at radius 1 is 0.897 bits per heavy atom. The van der Waals surface area contributed by atoms with Gasteiger partial charge < -0.3 is 15.5 Å². The van der Waals surface area contributed by atoms with Crippen LogP contribution in [0, 0.1) is 0 Å². The van der Waals surface area contributed by atoms with Crippen LogP contribution in [0.2, 0.25) is 10.0 Å². The third-order valence-electron chi connectivity index (χ3n) is 3.96. The van der Waals surface area contributed by atoms with Gasteiger partial charge in [0, 0.05) is 11.3 Å². The molecule has 0 amide bonds. The highest BCUT2D eigenvalue weighted by Gasteiger charge is 2.71. The number of rotatable bonds is 5. The van der Waals surface area contributed by atoms with Crippen molar-refractivity contribution in [1.82, 2.24) is 0 Å². The minimum absolute atomic E-state index is 0.0491. The molecule has 0 aliphatic heterocycles. The number of alkyl halides is 6. The first-order valence-electron chi connectivity index (χ1n) is 7.59. The SMILES string of the molecule is O=C(O)C(Nc1ccc(C(O)(C(F)(F)F)C(F)(F)F)cc1)c1ccc(Cl)c(Cl)c1. The molecule has 158 valence electrons. The summed E-state index contributed by atoms with van der Waals surface area (Å²) in [5, 5.41) is 21.4. The first-order valence-corrected chi connectivity index (χ1v) is 8.34. The molecule has 4 nitrogen and oxygen atoms in total. The lowest BCUT2D eigenvalue weighted by molar-refractivity contribution is -0.376. The summed E-state index contributed by atoms with van der Waals surface area (Å²) in [6, 6.07) is 4.84. The van der Waals surface area contributed by atoms with Gasteiger partial charge in [-0.05, 0) is 29.8 Å². The molecule has 0 saturated carbocycles.